The van der Waals surface area contributed by atoms with Crippen molar-refractivity contribution in [1.29, 1.82) is 0 Å². The molecule has 18 heavy (non-hydrogen) atoms. The van der Waals surface area contributed by atoms with Crippen molar-refractivity contribution in [3.05, 3.63) is 0 Å². The second-order valence-corrected chi connectivity index (χ2v) is 6.26. The molecule has 2 unspecified atom stereocenters. The lowest BCUT2D eigenvalue weighted by Gasteiger charge is -2.17. The van der Waals surface area contributed by atoms with Crippen molar-refractivity contribution in [2.75, 3.05) is 19.3 Å². The van der Waals surface area contributed by atoms with Crippen LogP contribution in [-0.2, 0) is 0 Å². The maximum atomic E-state index is 4.61. The van der Waals surface area contributed by atoms with Gasteiger partial charge in [-0.2, -0.15) is 11.8 Å². The van der Waals surface area contributed by atoms with Gasteiger partial charge in [0.15, 0.2) is 5.96 Å². The molecule has 2 atom stereocenters. The highest BCUT2D eigenvalue weighted by atomic mass is 127. The first-order valence-corrected chi connectivity index (χ1v) is 8.02. The van der Waals surface area contributed by atoms with Crippen LogP contribution < -0.4 is 10.6 Å². The van der Waals surface area contributed by atoms with Crippen molar-refractivity contribution in [1.82, 2.24) is 10.6 Å². The zero-order valence-corrected chi connectivity index (χ0v) is 15.2. The summed E-state index contributed by atoms with van der Waals surface area (Å²) in [6.45, 7) is 8.35. The number of rotatable bonds is 5. The van der Waals surface area contributed by atoms with Crippen LogP contribution in [0.25, 0.3) is 0 Å². The minimum absolute atomic E-state index is 0. The van der Waals surface area contributed by atoms with E-state index in [2.05, 4.69) is 42.7 Å². The number of hydrogen-bond acceptors (Lipinski definition) is 2. The van der Waals surface area contributed by atoms with Gasteiger partial charge in [0.1, 0.15) is 0 Å². The Labute approximate surface area is 133 Å². The van der Waals surface area contributed by atoms with E-state index in [1.807, 2.05) is 11.8 Å². The molecule has 1 fully saturated rings. The lowest BCUT2D eigenvalue weighted by molar-refractivity contribution is 0.605. The van der Waals surface area contributed by atoms with E-state index in [9.17, 15) is 0 Å². The zero-order chi connectivity index (χ0) is 12.7. The molecule has 2 N–H and O–H groups in total. The summed E-state index contributed by atoms with van der Waals surface area (Å²) < 4.78 is 0. The first kappa shape index (κ1) is 18.4. The second kappa shape index (κ2) is 10.2. The lowest BCUT2D eigenvalue weighted by atomic mass is 10.2. The number of thioether (sulfide) groups is 1. The summed E-state index contributed by atoms with van der Waals surface area (Å²) >= 11 is 1.99. The Morgan fingerprint density at radius 1 is 1.39 bits per heavy atom. The Bertz CT molecular complexity index is 246. The molecule has 3 nitrogen and oxygen atoms in total. The average Bonchev–Trinajstić information content (AvgIpc) is 2.74. The molecule has 0 spiro atoms. The highest BCUT2D eigenvalue weighted by molar-refractivity contribution is 14.0. The van der Waals surface area contributed by atoms with E-state index in [4.69, 9.17) is 0 Å². The summed E-state index contributed by atoms with van der Waals surface area (Å²) in [5.74, 6) is 1.61. The molecule has 0 heterocycles. The predicted molar refractivity (Wildman–Crippen MR) is 94.3 cm³/mol. The van der Waals surface area contributed by atoms with Gasteiger partial charge in [-0.15, -0.1) is 24.0 Å². The molecule has 0 saturated heterocycles. The summed E-state index contributed by atoms with van der Waals surface area (Å²) in [5.41, 5.74) is 0. The van der Waals surface area contributed by atoms with Crippen LogP contribution in [0.3, 0.4) is 0 Å². The van der Waals surface area contributed by atoms with Gasteiger partial charge in [0.25, 0.3) is 0 Å². The van der Waals surface area contributed by atoms with E-state index in [0.29, 0.717) is 12.0 Å². The maximum absolute atomic E-state index is 4.61. The fourth-order valence-electron chi connectivity index (χ4n) is 2.07. The quantitative estimate of drug-likeness (QED) is 0.434. The zero-order valence-electron chi connectivity index (χ0n) is 12.0. The molecule has 1 saturated carbocycles. The molecule has 0 aromatic heterocycles. The number of halogens is 1. The molecule has 5 heteroatoms. The third-order valence-corrected chi connectivity index (χ3v) is 4.11. The van der Waals surface area contributed by atoms with Gasteiger partial charge in [0, 0.05) is 24.4 Å². The van der Waals surface area contributed by atoms with Gasteiger partial charge in [-0.3, -0.25) is 4.99 Å². The smallest absolute Gasteiger partial charge is 0.191 e. The van der Waals surface area contributed by atoms with Gasteiger partial charge < -0.3 is 10.6 Å². The highest BCUT2D eigenvalue weighted by Crippen LogP contribution is 2.27. The van der Waals surface area contributed by atoms with E-state index in [0.717, 1.165) is 24.3 Å². The second-order valence-electron chi connectivity index (χ2n) is 5.13. The molecule has 108 valence electrons. The molecule has 0 amide bonds. The van der Waals surface area contributed by atoms with Crippen LogP contribution in [0.1, 0.15) is 40.0 Å². The van der Waals surface area contributed by atoms with Crippen LogP contribution >= 0.6 is 35.7 Å². The molecule has 1 aliphatic rings. The Morgan fingerprint density at radius 3 is 2.61 bits per heavy atom. The van der Waals surface area contributed by atoms with Crippen molar-refractivity contribution >= 4 is 41.7 Å². The third-order valence-electron chi connectivity index (χ3n) is 3.02. The van der Waals surface area contributed by atoms with Gasteiger partial charge in [0.2, 0.25) is 0 Å². The number of hydrogen-bond donors (Lipinski definition) is 2. The fraction of sp³-hybridized carbons (Fsp3) is 0.923. The molecule has 1 rings (SSSR count). The number of nitrogens with zero attached hydrogens (tertiary/aromatic N) is 1. The van der Waals surface area contributed by atoms with Gasteiger partial charge in [-0.05, 0) is 38.4 Å². The molecule has 0 aliphatic heterocycles. The van der Waals surface area contributed by atoms with Crippen molar-refractivity contribution < 1.29 is 0 Å². The van der Waals surface area contributed by atoms with Crippen LogP contribution in [0.15, 0.2) is 4.99 Å². The molecular formula is C13H28IN3S. The average molecular weight is 385 g/mol. The Morgan fingerprint density at radius 2 is 2.11 bits per heavy atom. The lowest BCUT2D eigenvalue weighted by Crippen LogP contribution is -2.42. The van der Waals surface area contributed by atoms with Crippen LogP contribution in [0, 0.1) is 5.92 Å². The molecule has 1 aliphatic carbocycles. The minimum Gasteiger partial charge on any atom is -0.357 e. The summed E-state index contributed by atoms with van der Waals surface area (Å²) in [4.78, 5) is 4.61. The van der Waals surface area contributed by atoms with E-state index in [1.54, 1.807) is 0 Å². The molecule has 0 aromatic carbocycles. The molecule has 0 aromatic rings. The van der Waals surface area contributed by atoms with Crippen molar-refractivity contribution in [2.24, 2.45) is 10.9 Å². The Balaban J connectivity index is 0.00000289. The minimum atomic E-state index is 0. The van der Waals surface area contributed by atoms with E-state index in [1.165, 1.54) is 19.3 Å². The van der Waals surface area contributed by atoms with Crippen LogP contribution in [-0.4, -0.2) is 36.6 Å². The first-order valence-electron chi connectivity index (χ1n) is 6.73. The summed E-state index contributed by atoms with van der Waals surface area (Å²) in [7, 11) is 0. The predicted octanol–water partition coefficient (Wildman–Crippen LogP) is 3.10. The monoisotopic (exact) mass is 385 g/mol. The first-order chi connectivity index (χ1) is 8.15. The fourth-order valence-corrected chi connectivity index (χ4v) is 2.87. The van der Waals surface area contributed by atoms with Crippen LogP contribution in [0.4, 0.5) is 0 Å². The summed E-state index contributed by atoms with van der Waals surface area (Å²) in [6.07, 6.45) is 6.10. The number of aliphatic imine (C=N–C) groups is 1. The Hall–Kier alpha value is 0.350. The molecule has 0 bridgehead atoms. The Kier molecular flexibility index (Phi) is 10.4. The van der Waals surface area contributed by atoms with Crippen molar-refractivity contribution in [3.63, 3.8) is 0 Å². The van der Waals surface area contributed by atoms with Gasteiger partial charge in [0.05, 0.1) is 0 Å². The molecular weight excluding hydrogens is 357 g/mol. The largest absolute Gasteiger partial charge is 0.357 e. The van der Waals surface area contributed by atoms with Crippen LogP contribution in [0.2, 0.25) is 0 Å². The summed E-state index contributed by atoms with van der Waals surface area (Å²) in [6, 6.07) is 0.609. The normalized spacial score (nSPS) is 23.9. The maximum Gasteiger partial charge on any atom is 0.191 e. The van der Waals surface area contributed by atoms with Crippen LogP contribution in [0.5, 0.6) is 0 Å². The SMILES string of the molecule is CCNC(=NCC(C)C)NC1CCC(SC)C1.I. The van der Waals surface area contributed by atoms with E-state index < -0.39 is 0 Å². The van der Waals surface area contributed by atoms with Gasteiger partial charge in [-0.1, -0.05) is 13.8 Å². The van der Waals surface area contributed by atoms with E-state index in [-0.39, 0.29) is 24.0 Å². The van der Waals surface area contributed by atoms with Crippen molar-refractivity contribution in [3.8, 4) is 0 Å². The van der Waals surface area contributed by atoms with E-state index >= 15 is 0 Å². The van der Waals surface area contributed by atoms with Gasteiger partial charge >= 0.3 is 0 Å². The number of nitrogens with one attached hydrogen (secondary N) is 2. The summed E-state index contributed by atoms with van der Waals surface area (Å²) in [5, 5.41) is 7.73. The standard InChI is InChI=1S/C13H27N3S.HI/c1-5-14-13(15-9-10(2)3)16-11-6-7-12(8-11)17-4;/h10-12H,5-9H2,1-4H3,(H2,14,15,16);1H. The van der Waals surface area contributed by atoms with Gasteiger partial charge in [-0.25, -0.2) is 0 Å². The highest BCUT2D eigenvalue weighted by Gasteiger charge is 2.24. The molecule has 0 radical (unpaired) electrons. The van der Waals surface area contributed by atoms with Crippen molar-refractivity contribution in [2.45, 2.75) is 51.3 Å². The topological polar surface area (TPSA) is 36.4 Å². The third kappa shape index (κ3) is 7.07. The number of guanidine groups is 1.